The highest BCUT2D eigenvalue weighted by Crippen LogP contribution is 2.28. The van der Waals surface area contributed by atoms with Gasteiger partial charge in [-0.1, -0.05) is 19.8 Å². The van der Waals surface area contributed by atoms with Crippen LogP contribution in [-0.4, -0.2) is 38.1 Å². The van der Waals surface area contributed by atoms with E-state index in [1.807, 2.05) is 0 Å². The van der Waals surface area contributed by atoms with Gasteiger partial charge in [-0.2, -0.15) is 0 Å². The van der Waals surface area contributed by atoms with E-state index < -0.39 is 10.0 Å². The molecule has 0 heterocycles. The first-order chi connectivity index (χ1) is 7.99. The van der Waals surface area contributed by atoms with Crippen molar-refractivity contribution in [2.75, 3.05) is 19.3 Å². The summed E-state index contributed by atoms with van der Waals surface area (Å²) in [7, 11) is -1.35. The number of unbranched alkanes of at least 4 members (excludes halogenated alkanes) is 1. The summed E-state index contributed by atoms with van der Waals surface area (Å²) in [6.45, 7) is 2.73. The molecule has 0 aromatic rings. The van der Waals surface area contributed by atoms with Crippen LogP contribution in [-0.2, 0) is 10.0 Å². The van der Waals surface area contributed by atoms with Crippen LogP contribution in [0.25, 0.3) is 0 Å². The third-order valence-corrected chi connectivity index (χ3v) is 5.78. The minimum absolute atomic E-state index is 0.201. The van der Waals surface area contributed by atoms with E-state index in [-0.39, 0.29) is 11.8 Å². The van der Waals surface area contributed by atoms with Gasteiger partial charge in [0.1, 0.15) is 0 Å². The summed E-state index contributed by atoms with van der Waals surface area (Å²) in [6.07, 6.45) is 6.00. The summed E-state index contributed by atoms with van der Waals surface area (Å²) in [5.74, 6) is 0.724. The second-order valence-electron chi connectivity index (χ2n) is 5.16. The topological polar surface area (TPSA) is 63.4 Å². The average Bonchev–Trinajstić information content (AvgIpc) is 2.29. The second kappa shape index (κ2) is 6.71. The van der Waals surface area contributed by atoms with E-state index in [0.717, 1.165) is 25.7 Å². The van der Waals surface area contributed by atoms with Crippen molar-refractivity contribution in [3.8, 4) is 0 Å². The quantitative estimate of drug-likeness (QED) is 0.739. The molecule has 1 rings (SSSR count). The molecule has 0 amide bonds. The third-order valence-electron chi connectivity index (χ3n) is 3.83. The Morgan fingerprint density at radius 2 is 1.88 bits per heavy atom. The Hall–Kier alpha value is -0.130. The first-order valence-electron chi connectivity index (χ1n) is 6.65. The van der Waals surface area contributed by atoms with Gasteiger partial charge in [0, 0.05) is 13.1 Å². The monoisotopic (exact) mass is 262 g/mol. The standard InChI is InChI=1S/C12H26N2O2S/c1-11-7-3-4-8-12(11)14(2)17(15,16)10-6-5-9-13/h11-12H,3-10,13H2,1-2H3. The Bertz CT molecular complexity index is 316. The van der Waals surface area contributed by atoms with Gasteiger partial charge in [0.15, 0.2) is 0 Å². The molecule has 2 unspecified atom stereocenters. The Morgan fingerprint density at radius 1 is 1.24 bits per heavy atom. The normalized spacial score (nSPS) is 26.4. The highest BCUT2D eigenvalue weighted by atomic mass is 32.2. The summed E-state index contributed by atoms with van der Waals surface area (Å²) >= 11 is 0. The fourth-order valence-corrected chi connectivity index (χ4v) is 4.20. The zero-order valence-electron chi connectivity index (χ0n) is 11.1. The highest BCUT2D eigenvalue weighted by molar-refractivity contribution is 7.89. The van der Waals surface area contributed by atoms with Crippen LogP contribution in [0.3, 0.4) is 0 Å². The molecule has 0 aromatic carbocycles. The molecule has 1 aliphatic carbocycles. The maximum atomic E-state index is 12.1. The van der Waals surface area contributed by atoms with Crippen LogP contribution in [0, 0.1) is 5.92 Å². The number of hydrogen-bond acceptors (Lipinski definition) is 3. The Balaban J connectivity index is 2.57. The molecule has 0 bridgehead atoms. The van der Waals surface area contributed by atoms with Gasteiger partial charge in [-0.3, -0.25) is 0 Å². The van der Waals surface area contributed by atoms with Crippen LogP contribution in [0.2, 0.25) is 0 Å². The number of sulfonamides is 1. The minimum atomic E-state index is -3.09. The molecular weight excluding hydrogens is 236 g/mol. The molecule has 2 atom stereocenters. The summed E-state index contributed by atoms with van der Waals surface area (Å²) in [5.41, 5.74) is 5.39. The SMILES string of the molecule is CC1CCCCC1N(C)S(=O)(=O)CCCCN. The van der Waals surface area contributed by atoms with Crippen LogP contribution in [0.15, 0.2) is 0 Å². The lowest BCUT2D eigenvalue weighted by atomic mass is 9.86. The molecule has 0 aromatic heterocycles. The predicted octanol–water partition coefficient (Wildman–Crippen LogP) is 1.57. The molecule has 0 radical (unpaired) electrons. The van der Waals surface area contributed by atoms with E-state index in [9.17, 15) is 8.42 Å². The third kappa shape index (κ3) is 4.23. The van der Waals surface area contributed by atoms with E-state index in [4.69, 9.17) is 5.73 Å². The molecular formula is C12H26N2O2S. The number of rotatable bonds is 6. The largest absolute Gasteiger partial charge is 0.330 e. The van der Waals surface area contributed by atoms with Gasteiger partial charge in [0.25, 0.3) is 0 Å². The van der Waals surface area contributed by atoms with Gasteiger partial charge in [-0.15, -0.1) is 0 Å². The fourth-order valence-electron chi connectivity index (χ4n) is 2.62. The Labute approximate surface area is 106 Å². The minimum Gasteiger partial charge on any atom is -0.330 e. The lowest BCUT2D eigenvalue weighted by molar-refractivity contribution is 0.213. The molecule has 5 heteroatoms. The van der Waals surface area contributed by atoms with Gasteiger partial charge in [-0.25, -0.2) is 12.7 Å². The van der Waals surface area contributed by atoms with Crippen molar-refractivity contribution in [3.05, 3.63) is 0 Å². The Kier molecular flexibility index (Phi) is 5.89. The highest BCUT2D eigenvalue weighted by Gasteiger charge is 2.31. The van der Waals surface area contributed by atoms with Crippen LogP contribution in [0.5, 0.6) is 0 Å². The van der Waals surface area contributed by atoms with Crippen molar-refractivity contribution >= 4 is 10.0 Å². The predicted molar refractivity (Wildman–Crippen MR) is 71.3 cm³/mol. The molecule has 4 nitrogen and oxygen atoms in total. The first kappa shape index (κ1) is 14.9. The maximum Gasteiger partial charge on any atom is 0.214 e. The second-order valence-corrected chi connectivity index (χ2v) is 7.31. The van der Waals surface area contributed by atoms with Crippen LogP contribution in [0.4, 0.5) is 0 Å². The zero-order valence-corrected chi connectivity index (χ0v) is 11.9. The molecule has 0 spiro atoms. The smallest absolute Gasteiger partial charge is 0.214 e. The van der Waals surface area contributed by atoms with E-state index in [2.05, 4.69) is 6.92 Å². The zero-order chi connectivity index (χ0) is 12.9. The van der Waals surface area contributed by atoms with Gasteiger partial charge in [0.05, 0.1) is 5.75 Å². The molecule has 102 valence electrons. The number of nitrogens with zero attached hydrogens (tertiary/aromatic N) is 1. The van der Waals surface area contributed by atoms with Crippen molar-refractivity contribution in [2.24, 2.45) is 11.7 Å². The molecule has 2 N–H and O–H groups in total. The lowest BCUT2D eigenvalue weighted by Gasteiger charge is -2.35. The summed E-state index contributed by atoms with van der Waals surface area (Å²) in [6, 6.07) is 0.201. The molecule has 1 aliphatic rings. The van der Waals surface area contributed by atoms with Gasteiger partial charge >= 0.3 is 0 Å². The van der Waals surface area contributed by atoms with E-state index in [0.29, 0.717) is 18.9 Å². The van der Waals surface area contributed by atoms with Crippen LogP contribution >= 0.6 is 0 Å². The average molecular weight is 262 g/mol. The van der Waals surface area contributed by atoms with Gasteiger partial charge in [0.2, 0.25) is 10.0 Å². The van der Waals surface area contributed by atoms with E-state index in [1.54, 1.807) is 11.4 Å². The number of hydrogen-bond donors (Lipinski definition) is 1. The van der Waals surface area contributed by atoms with Crippen molar-refractivity contribution in [2.45, 2.75) is 51.5 Å². The van der Waals surface area contributed by atoms with Crippen molar-refractivity contribution in [3.63, 3.8) is 0 Å². The summed E-state index contributed by atoms with van der Waals surface area (Å²) in [4.78, 5) is 0. The van der Waals surface area contributed by atoms with Crippen LogP contribution < -0.4 is 5.73 Å². The first-order valence-corrected chi connectivity index (χ1v) is 8.25. The summed E-state index contributed by atoms with van der Waals surface area (Å²) < 4.78 is 25.9. The Morgan fingerprint density at radius 3 is 2.47 bits per heavy atom. The lowest BCUT2D eigenvalue weighted by Crippen LogP contribution is -2.43. The molecule has 0 aliphatic heterocycles. The molecule has 1 saturated carbocycles. The van der Waals surface area contributed by atoms with Crippen molar-refractivity contribution in [1.29, 1.82) is 0 Å². The molecule has 1 fully saturated rings. The van der Waals surface area contributed by atoms with E-state index >= 15 is 0 Å². The maximum absolute atomic E-state index is 12.1. The van der Waals surface area contributed by atoms with Crippen molar-refractivity contribution in [1.82, 2.24) is 4.31 Å². The number of nitrogens with two attached hydrogens (primary N) is 1. The summed E-state index contributed by atoms with van der Waals surface area (Å²) in [5, 5.41) is 0. The van der Waals surface area contributed by atoms with E-state index in [1.165, 1.54) is 6.42 Å². The fraction of sp³-hybridized carbons (Fsp3) is 1.00. The molecule has 17 heavy (non-hydrogen) atoms. The van der Waals surface area contributed by atoms with Gasteiger partial charge < -0.3 is 5.73 Å². The molecule has 0 saturated heterocycles. The van der Waals surface area contributed by atoms with Gasteiger partial charge in [-0.05, 0) is 38.1 Å². The van der Waals surface area contributed by atoms with Crippen LogP contribution in [0.1, 0.15) is 45.4 Å². The van der Waals surface area contributed by atoms with Crippen molar-refractivity contribution < 1.29 is 8.42 Å².